The molecule has 3 atom stereocenters. The van der Waals surface area contributed by atoms with Crippen molar-refractivity contribution in [2.75, 3.05) is 7.11 Å². The zero-order valence-corrected chi connectivity index (χ0v) is 27.2. The number of ether oxygens (including phenoxy) is 1. The second kappa shape index (κ2) is 13.3. The fraction of sp³-hybridized carbons (Fsp3) is 0.263. The molecule has 6 heteroatoms. The predicted molar refractivity (Wildman–Crippen MR) is 180 cm³/mol. The summed E-state index contributed by atoms with van der Waals surface area (Å²) in [4.78, 5) is 0.238. The molecule has 0 amide bonds. The van der Waals surface area contributed by atoms with Gasteiger partial charge in [0.1, 0.15) is 5.75 Å². The molecule has 5 rings (SSSR count). The van der Waals surface area contributed by atoms with Crippen molar-refractivity contribution in [1.29, 1.82) is 0 Å². The van der Waals surface area contributed by atoms with Gasteiger partial charge in [-0.1, -0.05) is 96.9 Å². The van der Waals surface area contributed by atoms with E-state index in [9.17, 15) is 8.42 Å². The summed E-state index contributed by atoms with van der Waals surface area (Å²) >= 11 is 0. The van der Waals surface area contributed by atoms with E-state index >= 15 is 0 Å². The van der Waals surface area contributed by atoms with Crippen LogP contribution in [0.5, 0.6) is 5.75 Å². The van der Waals surface area contributed by atoms with Crippen LogP contribution in [-0.2, 0) is 16.6 Å². The third kappa shape index (κ3) is 6.58. The molecule has 44 heavy (non-hydrogen) atoms. The second-order valence-electron chi connectivity index (χ2n) is 11.7. The molecule has 0 spiro atoms. The van der Waals surface area contributed by atoms with Crippen molar-refractivity contribution >= 4 is 15.6 Å². The van der Waals surface area contributed by atoms with Crippen LogP contribution in [0.3, 0.4) is 0 Å². The van der Waals surface area contributed by atoms with Crippen LogP contribution >= 0.6 is 0 Å². The molecular weight excluding hydrogens is 564 g/mol. The third-order valence-electron chi connectivity index (χ3n) is 9.02. The Morgan fingerprint density at radius 3 is 1.89 bits per heavy atom. The third-order valence-corrected chi connectivity index (χ3v) is 10.5. The van der Waals surface area contributed by atoms with Crippen LogP contribution in [0.1, 0.15) is 67.6 Å². The molecule has 228 valence electrons. The van der Waals surface area contributed by atoms with Gasteiger partial charge >= 0.3 is 0 Å². The van der Waals surface area contributed by atoms with Crippen LogP contribution in [0.15, 0.2) is 125 Å². The lowest BCUT2D eigenvalue weighted by Crippen LogP contribution is -2.38. The Labute approximate surface area is 262 Å². The average molecular weight is 607 g/mol. The van der Waals surface area contributed by atoms with Crippen molar-refractivity contribution in [3.8, 4) is 5.75 Å². The summed E-state index contributed by atoms with van der Waals surface area (Å²) in [6, 6.07) is 32.1. The van der Waals surface area contributed by atoms with Gasteiger partial charge in [-0.25, -0.2) is 13.1 Å². The van der Waals surface area contributed by atoms with E-state index in [1.165, 1.54) is 27.9 Å². The topological polar surface area (TPSA) is 67.4 Å². The van der Waals surface area contributed by atoms with E-state index in [1.54, 1.807) is 19.2 Å². The predicted octanol–water partition coefficient (Wildman–Crippen LogP) is 8.31. The van der Waals surface area contributed by atoms with Crippen LogP contribution in [0.25, 0.3) is 5.57 Å². The van der Waals surface area contributed by atoms with Crippen LogP contribution in [-0.4, -0.2) is 15.5 Å². The van der Waals surface area contributed by atoms with E-state index in [2.05, 4.69) is 49.9 Å². The normalized spacial score (nSPS) is 16.7. The van der Waals surface area contributed by atoms with Crippen molar-refractivity contribution in [3.63, 3.8) is 0 Å². The van der Waals surface area contributed by atoms with Crippen LogP contribution in [0, 0.1) is 12.8 Å². The zero-order valence-electron chi connectivity index (χ0n) is 26.4. The lowest BCUT2D eigenvalue weighted by molar-refractivity contribution is 0.410. The average Bonchev–Trinajstić information content (AvgIpc) is 3.23. The van der Waals surface area contributed by atoms with Crippen LogP contribution in [0.4, 0.5) is 0 Å². The lowest BCUT2D eigenvalue weighted by atomic mass is 9.88. The van der Waals surface area contributed by atoms with E-state index in [1.807, 2.05) is 85.8 Å². The molecule has 0 heterocycles. The summed E-state index contributed by atoms with van der Waals surface area (Å²) < 4.78 is 36.4. The highest BCUT2D eigenvalue weighted by Gasteiger charge is 2.31. The van der Waals surface area contributed by atoms with Gasteiger partial charge in [0.2, 0.25) is 10.0 Å². The molecule has 0 radical (unpaired) electrons. The fourth-order valence-corrected chi connectivity index (χ4v) is 7.39. The Hall–Kier alpha value is -3.97. The van der Waals surface area contributed by atoms with Gasteiger partial charge in [0.25, 0.3) is 0 Å². The first-order chi connectivity index (χ1) is 21.1. The SMILES string of the molecule is COc1ccc(C2=C(C)C(C)=C(C)C2C)c(CN[C@H](c2ccccc2)[C@H](NS(=O)(=O)c2ccc(C)cc2)c2ccccc2)c1. The zero-order chi connectivity index (χ0) is 31.4. The number of methoxy groups -OCH3 is 1. The quantitative estimate of drug-likeness (QED) is 0.180. The Morgan fingerprint density at radius 1 is 0.750 bits per heavy atom. The van der Waals surface area contributed by atoms with Crippen molar-refractivity contribution in [3.05, 3.63) is 148 Å². The molecule has 0 fully saturated rings. The van der Waals surface area contributed by atoms with Gasteiger partial charge in [0, 0.05) is 12.5 Å². The molecule has 4 aromatic rings. The molecule has 1 unspecified atom stereocenters. The summed E-state index contributed by atoms with van der Waals surface area (Å²) in [6.07, 6.45) is 0. The number of benzene rings is 4. The number of hydrogen-bond acceptors (Lipinski definition) is 4. The van der Waals surface area contributed by atoms with Crippen molar-refractivity contribution < 1.29 is 13.2 Å². The minimum Gasteiger partial charge on any atom is -0.497 e. The van der Waals surface area contributed by atoms with Crippen molar-refractivity contribution in [2.24, 2.45) is 5.92 Å². The Bertz CT molecular complexity index is 1780. The molecule has 4 aromatic carbocycles. The fourth-order valence-electron chi connectivity index (χ4n) is 6.16. The van der Waals surface area contributed by atoms with Gasteiger partial charge in [-0.3, -0.25) is 0 Å². The molecule has 1 aliphatic rings. The number of sulfonamides is 1. The Morgan fingerprint density at radius 2 is 1.34 bits per heavy atom. The van der Waals surface area contributed by atoms with E-state index in [0.717, 1.165) is 28.0 Å². The van der Waals surface area contributed by atoms with Crippen LogP contribution < -0.4 is 14.8 Å². The summed E-state index contributed by atoms with van der Waals surface area (Å²) in [6.45, 7) is 11.3. The monoisotopic (exact) mass is 606 g/mol. The second-order valence-corrected chi connectivity index (χ2v) is 13.4. The number of nitrogens with one attached hydrogen (secondary N) is 2. The van der Waals surface area contributed by atoms with E-state index in [0.29, 0.717) is 12.5 Å². The van der Waals surface area contributed by atoms with E-state index < -0.39 is 16.1 Å². The first-order valence-corrected chi connectivity index (χ1v) is 16.6. The van der Waals surface area contributed by atoms with Gasteiger partial charge in [0.05, 0.1) is 24.1 Å². The minimum atomic E-state index is -3.84. The standard InChI is InChI=1S/C38H42N2O3S/c1-25-17-20-34(21-18-25)44(41,42)40-38(31-15-11-8-12-16-31)37(30-13-9-7-10-14-30)39-24-32-23-33(43-6)19-22-35(32)36-28(4)26(2)27(3)29(36)5/h7-23,28,37-40H,24H2,1-6H3/t28?,37-,38-/m1/s1. The summed E-state index contributed by atoms with van der Waals surface area (Å²) in [5, 5.41) is 3.78. The first-order valence-electron chi connectivity index (χ1n) is 15.1. The largest absolute Gasteiger partial charge is 0.497 e. The number of rotatable bonds is 11. The highest BCUT2D eigenvalue weighted by molar-refractivity contribution is 7.89. The van der Waals surface area contributed by atoms with Crippen molar-refractivity contribution in [1.82, 2.24) is 10.0 Å². The maximum atomic E-state index is 13.8. The molecule has 5 nitrogen and oxygen atoms in total. The molecular formula is C38H42N2O3S. The molecule has 0 bridgehead atoms. The minimum absolute atomic E-state index is 0.238. The highest BCUT2D eigenvalue weighted by atomic mass is 32.2. The Kier molecular flexibility index (Phi) is 9.54. The molecule has 1 aliphatic carbocycles. The number of allylic oxidation sites excluding steroid dienone is 4. The van der Waals surface area contributed by atoms with Gasteiger partial charge < -0.3 is 10.1 Å². The van der Waals surface area contributed by atoms with Gasteiger partial charge in [-0.05, 0) is 90.9 Å². The van der Waals surface area contributed by atoms with Gasteiger partial charge in [0.15, 0.2) is 0 Å². The maximum Gasteiger partial charge on any atom is 0.241 e. The first kappa shape index (κ1) is 31.5. The highest BCUT2D eigenvalue weighted by Crippen LogP contribution is 2.44. The molecule has 0 aromatic heterocycles. The smallest absolute Gasteiger partial charge is 0.241 e. The van der Waals surface area contributed by atoms with Crippen molar-refractivity contribution in [2.45, 2.75) is 58.1 Å². The summed E-state index contributed by atoms with van der Waals surface area (Å²) in [5.41, 5.74) is 10.5. The van der Waals surface area contributed by atoms with Gasteiger partial charge in [-0.15, -0.1) is 0 Å². The summed E-state index contributed by atoms with van der Waals surface area (Å²) in [7, 11) is -2.16. The Balaban J connectivity index is 1.57. The summed E-state index contributed by atoms with van der Waals surface area (Å²) in [5.74, 6) is 1.09. The molecule has 0 saturated heterocycles. The lowest BCUT2D eigenvalue weighted by Gasteiger charge is -2.30. The van der Waals surface area contributed by atoms with Gasteiger partial charge in [-0.2, -0.15) is 0 Å². The molecule has 2 N–H and O–H groups in total. The number of hydrogen-bond donors (Lipinski definition) is 2. The van der Waals surface area contributed by atoms with E-state index in [4.69, 9.17) is 4.74 Å². The van der Waals surface area contributed by atoms with E-state index in [-0.39, 0.29) is 10.9 Å². The molecule has 0 saturated carbocycles. The number of aryl methyl sites for hydroxylation is 1. The van der Waals surface area contributed by atoms with Crippen LogP contribution in [0.2, 0.25) is 0 Å². The molecule has 0 aliphatic heterocycles. The maximum absolute atomic E-state index is 13.8.